The number of carboxylic acids is 1. The minimum atomic E-state index is -0.541. The molecule has 0 bridgehead atoms. The zero-order chi connectivity index (χ0) is 27.5. The van der Waals surface area contributed by atoms with Gasteiger partial charge >= 0.3 is 5.97 Å². The summed E-state index contributed by atoms with van der Waals surface area (Å²) < 4.78 is 0. The molecular weight excluding hydrogens is 452 g/mol. The summed E-state index contributed by atoms with van der Waals surface area (Å²) in [6.07, 6.45) is 36.6. The summed E-state index contributed by atoms with van der Waals surface area (Å²) in [5.41, 5.74) is -0.504. The summed E-state index contributed by atoms with van der Waals surface area (Å²) in [6, 6.07) is 0. The van der Waals surface area contributed by atoms with E-state index in [-0.39, 0.29) is 5.92 Å². The van der Waals surface area contributed by atoms with Crippen molar-refractivity contribution < 1.29 is 9.90 Å². The van der Waals surface area contributed by atoms with Crippen LogP contribution < -0.4 is 0 Å². The molecule has 2 atom stereocenters. The molecular formula is C35H70O2. The lowest BCUT2D eigenvalue weighted by Crippen LogP contribution is -2.37. The van der Waals surface area contributed by atoms with Crippen LogP contribution in [0.25, 0.3) is 0 Å². The van der Waals surface area contributed by atoms with Gasteiger partial charge in [-0.05, 0) is 25.2 Å². The molecule has 1 N–H and O–H groups in total. The molecule has 2 nitrogen and oxygen atoms in total. The van der Waals surface area contributed by atoms with Gasteiger partial charge in [-0.15, -0.1) is 0 Å². The molecule has 0 spiro atoms. The van der Waals surface area contributed by atoms with Crippen molar-refractivity contribution in [2.24, 2.45) is 11.3 Å². The predicted octanol–water partition coefficient (Wildman–Crippen LogP) is 12.7. The van der Waals surface area contributed by atoms with E-state index in [1.165, 1.54) is 154 Å². The first kappa shape index (κ1) is 36.5. The minimum Gasteiger partial charge on any atom is -0.481 e. The molecule has 37 heavy (non-hydrogen) atoms. The van der Waals surface area contributed by atoms with E-state index in [2.05, 4.69) is 27.7 Å². The maximum absolute atomic E-state index is 12.4. The van der Waals surface area contributed by atoms with Crippen molar-refractivity contribution in [3.05, 3.63) is 0 Å². The highest BCUT2D eigenvalue weighted by Gasteiger charge is 2.40. The van der Waals surface area contributed by atoms with E-state index in [0.29, 0.717) is 0 Å². The van der Waals surface area contributed by atoms with Gasteiger partial charge in [-0.25, -0.2) is 0 Å². The molecule has 0 saturated heterocycles. The molecule has 0 radical (unpaired) electrons. The number of carbonyl (C=O) groups is 1. The van der Waals surface area contributed by atoms with E-state index in [1.54, 1.807) is 0 Å². The maximum Gasteiger partial charge on any atom is 0.309 e. The molecule has 0 aliphatic heterocycles. The van der Waals surface area contributed by atoms with Gasteiger partial charge in [0.25, 0.3) is 0 Å². The highest BCUT2D eigenvalue weighted by Crippen LogP contribution is 2.40. The number of aliphatic carboxylic acids is 1. The Morgan fingerprint density at radius 1 is 0.514 bits per heavy atom. The molecule has 0 aliphatic carbocycles. The first-order valence-corrected chi connectivity index (χ1v) is 17.3. The highest BCUT2D eigenvalue weighted by atomic mass is 16.4. The fraction of sp³-hybridized carbons (Fsp3) is 0.971. The second-order valence-electron chi connectivity index (χ2n) is 12.4. The van der Waals surface area contributed by atoms with Crippen LogP contribution in [0.3, 0.4) is 0 Å². The Labute approximate surface area is 234 Å². The molecule has 0 aliphatic rings. The van der Waals surface area contributed by atoms with Gasteiger partial charge in [0.1, 0.15) is 0 Å². The molecule has 0 aromatic rings. The van der Waals surface area contributed by atoms with Gasteiger partial charge < -0.3 is 5.11 Å². The van der Waals surface area contributed by atoms with E-state index in [1.807, 2.05) is 0 Å². The lowest BCUT2D eigenvalue weighted by atomic mass is 9.69. The average Bonchev–Trinajstić information content (AvgIpc) is 2.89. The van der Waals surface area contributed by atoms with Crippen LogP contribution in [0.5, 0.6) is 0 Å². The summed E-state index contributed by atoms with van der Waals surface area (Å²) in [7, 11) is 0. The Balaban J connectivity index is 3.88. The highest BCUT2D eigenvalue weighted by molar-refractivity contribution is 5.74. The second kappa shape index (κ2) is 27.1. The van der Waals surface area contributed by atoms with Crippen molar-refractivity contribution in [2.75, 3.05) is 0 Å². The van der Waals surface area contributed by atoms with Gasteiger partial charge in [0.05, 0.1) is 5.41 Å². The Morgan fingerprint density at radius 2 is 0.811 bits per heavy atom. The van der Waals surface area contributed by atoms with Crippen LogP contribution in [0.4, 0.5) is 0 Å². The van der Waals surface area contributed by atoms with Crippen molar-refractivity contribution in [3.63, 3.8) is 0 Å². The molecule has 0 saturated carbocycles. The Bertz CT molecular complexity index is 474. The summed E-state index contributed by atoms with van der Waals surface area (Å²) in [6.45, 7) is 8.89. The Kier molecular flexibility index (Phi) is 26.7. The Hall–Kier alpha value is -0.530. The Morgan fingerprint density at radius 3 is 1.11 bits per heavy atom. The predicted molar refractivity (Wildman–Crippen MR) is 166 cm³/mol. The largest absolute Gasteiger partial charge is 0.481 e. The zero-order valence-electron chi connectivity index (χ0n) is 26.2. The molecule has 222 valence electrons. The third kappa shape index (κ3) is 20.1. The van der Waals surface area contributed by atoms with Crippen LogP contribution in [0, 0.1) is 11.3 Å². The van der Waals surface area contributed by atoms with Crippen LogP contribution in [-0.4, -0.2) is 11.1 Å². The fourth-order valence-electron chi connectivity index (χ4n) is 6.27. The number of hydrogen-bond acceptors (Lipinski definition) is 1. The van der Waals surface area contributed by atoms with Crippen LogP contribution in [0.2, 0.25) is 0 Å². The van der Waals surface area contributed by atoms with Gasteiger partial charge in [-0.1, -0.05) is 188 Å². The average molecular weight is 523 g/mol. The van der Waals surface area contributed by atoms with E-state index >= 15 is 0 Å². The van der Waals surface area contributed by atoms with Crippen molar-refractivity contribution in [1.82, 2.24) is 0 Å². The monoisotopic (exact) mass is 523 g/mol. The fourth-order valence-corrected chi connectivity index (χ4v) is 6.27. The second-order valence-corrected chi connectivity index (χ2v) is 12.4. The van der Waals surface area contributed by atoms with Crippen molar-refractivity contribution in [3.8, 4) is 0 Å². The van der Waals surface area contributed by atoms with E-state index < -0.39 is 11.4 Å². The molecule has 0 aromatic heterocycles. The van der Waals surface area contributed by atoms with Gasteiger partial charge in [-0.3, -0.25) is 4.79 Å². The van der Waals surface area contributed by atoms with Crippen molar-refractivity contribution in [2.45, 2.75) is 207 Å². The summed E-state index contributed by atoms with van der Waals surface area (Å²) in [4.78, 5) is 12.4. The summed E-state index contributed by atoms with van der Waals surface area (Å²) in [5, 5.41) is 10.2. The van der Waals surface area contributed by atoms with Crippen molar-refractivity contribution in [1.29, 1.82) is 0 Å². The smallest absolute Gasteiger partial charge is 0.309 e. The SMILES string of the molecule is CCCCCCCCCCCCCCCC(C)C(CC)(CCCCCCCCCCCCCC)C(=O)O. The maximum atomic E-state index is 12.4. The molecule has 0 aromatic carbocycles. The van der Waals surface area contributed by atoms with E-state index in [4.69, 9.17) is 0 Å². The molecule has 2 heteroatoms. The number of hydrogen-bond donors (Lipinski definition) is 1. The van der Waals surface area contributed by atoms with Crippen LogP contribution in [-0.2, 0) is 4.79 Å². The third-order valence-corrected chi connectivity index (χ3v) is 9.22. The van der Waals surface area contributed by atoms with Gasteiger partial charge in [0.2, 0.25) is 0 Å². The van der Waals surface area contributed by atoms with Crippen LogP contribution in [0.1, 0.15) is 207 Å². The molecule has 0 heterocycles. The standard InChI is InChI=1S/C35H70O2/c1-5-8-10-12-14-16-18-20-21-23-25-27-29-31-33(4)35(7-3,34(36)37)32-30-28-26-24-22-19-17-15-13-11-9-6-2/h33H,5-32H2,1-4H3,(H,36,37). The summed E-state index contributed by atoms with van der Waals surface area (Å²) >= 11 is 0. The molecule has 2 unspecified atom stereocenters. The lowest BCUT2D eigenvalue weighted by Gasteiger charge is -2.35. The zero-order valence-corrected chi connectivity index (χ0v) is 26.2. The van der Waals surface area contributed by atoms with Crippen LogP contribution in [0.15, 0.2) is 0 Å². The number of unbranched alkanes of at least 4 members (excludes halogenated alkanes) is 23. The topological polar surface area (TPSA) is 37.3 Å². The van der Waals surface area contributed by atoms with E-state index in [9.17, 15) is 9.90 Å². The quantitative estimate of drug-likeness (QED) is 0.0952. The first-order chi connectivity index (χ1) is 18.0. The molecule has 0 amide bonds. The van der Waals surface area contributed by atoms with Gasteiger partial charge in [-0.2, -0.15) is 0 Å². The summed E-state index contributed by atoms with van der Waals surface area (Å²) in [5.74, 6) is -0.254. The lowest BCUT2D eigenvalue weighted by molar-refractivity contribution is -0.153. The van der Waals surface area contributed by atoms with Gasteiger partial charge in [0, 0.05) is 0 Å². The molecule has 0 fully saturated rings. The van der Waals surface area contributed by atoms with E-state index in [0.717, 1.165) is 25.7 Å². The van der Waals surface area contributed by atoms with Crippen molar-refractivity contribution >= 4 is 5.97 Å². The van der Waals surface area contributed by atoms with Gasteiger partial charge in [0.15, 0.2) is 0 Å². The first-order valence-electron chi connectivity index (χ1n) is 17.3. The minimum absolute atomic E-state index is 0.287. The normalized spacial score (nSPS) is 14.1. The molecule has 0 rings (SSSR count). The number of carboxylic acid groups (broad SMARTS) is 1. The number of rotatable bonds is 30. The van der Waals surface area contributed by atoms with Crippen LogP contribution >= 0.6 is 0 Å². The third-order valence-electron chi connectivity index (χ3n) is 9.22.